The summed E-state index contributed by atoms with van der Waals surface area (Å²) in [5.41, 5.74) is 26.7. The van der Waals surface area contributed by atoms with Gasteiger partial charge >= 0.3 is 0 Å². The topological polar surface area (TPSA) is 190 Å². The fourth-order valence-electron chi connectivity index (χ4n) is 5.51. The van der Waals surface area contributed by atoms with Crippen molar-refractivity contribution in [3.63, 3.8) is 0 Å². The Labute approximate surface area is 291 Å². The first kappa shape index (κ1) is 35.0. The number of ether oxygens (including phenoxy) is 2. The third kappa shape index (κ3) is 8.76. The number of aliphatic hydroxyl groups is 1. The average Bonchev–Trinajstić information content (AvgIpc) is 3.51. The second kappa shape index (κ2) is 17.2. The van der Waals surface area contributed by atoms with Gasteiger partial charge in [-0.15, -0.1) is 0 Å². The molecule has 49 heavy (non-hydrogen) atoms. The number of azide groups is 2. The maximum absolute atomic E-state index is 14.6. The van der Waals surface area contributed by atoms with Gasteiger partial charge in [0.1, 0.15) is 5.75 Å². The lowest BCUT2D eigenvalue weighted by molar-refractivity contribution is -0.130. The fourth-order valence-corrected chi connectivity index (χ4v) is 5.77. The van der Waals surface area contributed by atoms with Crippen LogP contribution in [0.15, 0.2) is 117 Å². The van der Waals surface area contributed by atoms with E-state index in [1.165, 1.54) is 0 Å². The molecule has 14 heteroatoms. The summed E-state index contributed by atoms with van der Waals surface area (Å²) >= 11 is 3.45. The highest BCUT2D eigenvalue weighted by Crippen LogP contribution is 2.44. The van der Waals surface area contributed by atoms with Gasteiger partial charge in [-0.25, -0.2) is 10.4 Å². The van der Waals surface area contributed by atoms with Crippen LogP contribution in [0.3, 0.4) is 0 Å². The molecule has 0 spiro atoms. The van der Waals surface area contributed by atoms with E-state index < -0.39 is 17.6 Å². The second-order valence-corrected chi connectivity index (χ2v) is 12.0. The zero-order valence-corrected chi connectivity index (χ0v) is 28.0. The number of amides is 1. The van der Waals surface area contributed by atoms with Gasteiger partial charge < -0.3 is 14.6 Å². The van der Waals surface area contributed by atoms with Crippen LogP contribution >= 0.6 is 15.9 Å². The predicted octanol–water partition coefficient (Wildman–Crippen LogP) is 7.33. The molecular weight excluding hydrogens is 690 g/mol. The van der Waals surface area contributed by atoms with Crippen LogP contribution in [0.25, 0.3) is 20.9 Å². The van der Waals surface area contributed by atoms with Gasteiger partial charge in [-0.2, -0.15) is 0 Å². The van der Waals surface area contributed by atoms with Crippen molar-refractivity contribution >= 4 is 33.4 Å². The van der Waals surface area contributed by atoms with E-state index >= 15 is 0 Å². The molecule has 0 fully saturated rings. The number of hydrazine groups is 1. The number of carbonyl (C=O) groups is 1. The van der Waals surface area contributed by atoms with Gasteiger partial charge in [0, 0.05) is 51.5 Å². The summed E-state index contributed by atoms with van der Waals surface area (Å²) in [7, 11) is 0. The lowest BCUT2D eigenvalue weighted by Crippen LogP contribution is -2.54. The molecule has 1 heterocycles. The quantitative estimate of drug-likeness (QED) is 0.0358. The Morgan fingerprint density at radius 2 is 1.71 bits per heavy atom. The third-order valence-corrected chi connectivity index (χ3v) is 8.46. The van der Waals surface area contributed by atoms with Crippen LogP contribution in [0.2, 0.25) is 0 Å². The molecule has 0 radical (unpaired) electrons. The van der Waals surface area contributed by atoms with Crippen LogP contribution in [-0.2, 0) is 28.9 Å². The van der Waals surface area contributed by atoms with Crippen LogP contribution in [0, 0.1) is 0 Å². The van der Waals surface area contributed by atoms with Crippen molar-refractivity contribution in [2.24, 2.45) is 15.2 Å². The van der Waals surface area contributed by atoms with Crippen molar-refractivity contribution < 1.29 is 19.4 Å². The first-order valence-corrected chi connectivity index (χ1v) is 16.4. The van der Waals surface area contributed by atoms with Crippen molar-refractivity contribution in [3.05, 3.63) is 150 Å². The number of benzene rings is 4. The van der Waals surface area contributed by atoms with E-state index in [1.807, 2.05) is 48.5 Å². The van der Waals surface area contributed by atoms with Gasteiger partial charge in [-0.05, 0) is 76.1 Å². The number of halogens is 1. The summed E-state index contributed by atoms with van der Waals surface area (Å²) in [5.74, 6) is 0.354. The van der Waals surface area contributed by atoms with Crippen LogP contribution < -0.4 is 15.6 Å². The molecule has 0 bridgehead atoms. The maximum atomic E-state index is 14.6. The molecule has 4 aromatic carbocycles. The Morgan fingerprint density at radius 1 is 0.980 bits per heavy atom. The zero-order valence-electron chi connectivity index (χ0n) is 26.4. The second-order valence-electron chi connectivity index (χ2n) is 11.1. The molecular formula is C35H34BrN9O4. The first-order chi connectivity index (χ1) is 24.0. The third-order valence-electron chi connectivity index (χ3n) is 7.93. The highest BCUT2D eigenvalue weighted by Gasteiger charge is 2.54. The Bertz CT molecular complexity index is 1870. The smallest absolute Gasteiger partial charge is 0.266 e. The van der Waals surface area contributed by atoms with E-state index in [4.69, 9.17) is 25.1 Å². The number of nitrogens with one attached hydrogen (secondary N) is 2. The molecule has 0 aliphatic carbocycles. The van der Waals surface area contributed by atoms with E-state index in [0.717, 1.165) is 10.0 Å². The van der Waals surface area contributed by atoms with Crippen LogP contribution in [0.1, 0.15) is 40.3 Å². The fraction of sp³-hybridized carbons (Fsp3) is 0.257. The monoisotopic (exact) mass is 723 g/mol. The number of hydrogen-bond donors (Lipinski definition) is 3. The highest BCUT2D eigenvalue weighted by atomic mass is 79.9. The molecule has 2 atom stereocenters. The minimum Gasteiger partial charge on any atom is -0.494 e. The standard InChI is InChI=1S/C35H34BrN9O4/c36-28-14-10-24(11-15-28)18-19-39-43-34(47)35(22-26-6-2-4-9-31(26)42-45-38)32(30-8-3-1-7-27(30)23-40-44-37)49-33(41-35)25-12-16-29(17-13-25)48-21-5-20-46/h1-4,6-17,32,39,46H,5,18-23H2,(H,43,47)/t32-,35-/m0/s1. The molecule has 4 aromatic rings. The van der Waals surface area contributed by atoms with E-state index in [9.17, 15) is 10.3 Å². The number of nitrogens with zero attached hydrogens (tertiary/aromatic N) is 7. The van der Waals surface area contributed by atoms with Crippen molar-refractivity contribution in [3.8, 4) is 5.75 Å². The highest BCUT2D eigenvalue weighted by molar-refractivity contribution is 9.10. The van der Waals surface area contributed by atoms with Gasteiger partial charge in [-0.1, -0.05) is 86.8 Å². The summed E-state index contributed by atoms with van der Waals surface area (Å²) in [4.78, 5) is 25.6. The molecule has 1 aliphatic heterocycles. The van der Waals surface area contributed by atoms with Crippen LogP contribution in [0.4, 0.5) is 5.69 Å². The number of aliphatic hydroxyl groups excluding tert-OH is 1. The summed E-state index contributed by atoms with van der Waals surface area (Å²) in [5, 5.41) is 16.8. The molecule has 0 saturated heterocycles. The van der Waals surface area contributed by atoms with Crippen LogP contribution in [-0.4, -0.2) is 42.2 Å². The molecule has 1 aliphatic rings. The van der Waals surface area contributed by atoms with Crippen molar-refractivity contribution in [2.45, 2.75) is 37.5 Å². The molecule has 13 nitrogen and oxygen atoms in total. The zero-order chi connectivity index (χ0) is 34.5. The lowest BCUT2D eigenvalue weighted by atomic mass is 9.80. The largest absolute Gasteiger partial charge is 0.494 e. The molecule has 0 unspecified atom stereocenters. The van der Waals surface area contributed by atoms with Gasteiger partial charge in [0.05, 0.1) is 13.2 Å². The van der Waals surface area contributed by atoms with Crippen molar-refractivity contribution in [1.29, 1.82) is 0 Å². The van der Waals surface area contributed by atoms with E-state index in [2.05, 4.69) is 46.8 Å². The van der Waals surface area contributed by atoms with E-state index in [0.29, 0.717) is 59.7 Å². The SMILES string of the molecule is [N-]=[N+]=NCc1ccccc1[C@@H]1OC(c2ccc(OCCCO)cc2)=N[C@]1(Cc1ccccc1N=[N+]=[N-])C(=O)NNCCc1ccc(Br)cc1. The van der Waals surface area contributed by atoms with Crippen molar-refractivity contribution in [1.82, 2.24) is 10.9 Å². The minimum absolute atomic E-state index is 0.00872. The Balaban J connectivity index is 1.57. The summed E-state index contributed by atoms with van der Waals surface area (Å²) in [6, 6.07) is 29.3. The molecule has 5 rings (SSSR count). The predicted molar refractivity (Wildman–Crippen MR) is 189 cm³/mol. The summed E-state index contributed by atoms with van der Waals surface area (Å²) in [6.45, 7) is 0.851. The van der Waals surface area contributed by atoms with Gasteiger partial charge in [0.15, 0.2) is 11.6 Å². The Morgan fingerprint density at radius 3 is 2.45 bits per heavy atom. The Kier molecular flexibility index (Phi) is 12.2. The van der Waals surface area contributed by atoms with Gasteiger partial charge in [0.25, 0.3) is 5.91 Å². The molecule has 3 N–H and O–H groups in total. The van der Waals surface area contributed by atoms with Gasteiger partial charge in [0.2, 0.25) is 5.90 Å². The summed E-state index contributed by atoms with van der Waals surface area (Å²) in [6.07, 6.45) is 0.187. The van der Waals surface area contributed by atoms with Crippen molar-refractivity contribution in [2.75, 3.05) is 19.8 Å². The molecule has 250 valence electrons. The normalized spacial score (nSPS) is 16.4. The minimum atomic E-state index is -1.61. The van der Waals surface area contributed by atoms with E-state index in [1.54, 1.807) is 48.5 Å². The lowest BCUT2D eigenvalue weighted by Gasteiger charge is -2.32. The molecule has 0 aromatic heterocycles. The number of hydrogen-bond acceptors (Lipinski definition) is 8. The first-order valence-electron chi connectivity index (χ1n) is 15.6. The number of carbonyl (C=O) groups excluding carboxylic acids is 1. The molecule has 1 amide bonds. The average molecular weight is 725 g/mol. The number of rotatable bonds is 16. The molecule has 0 saturated carbocycles. The van der Waals surface area contributed by atoms with Gasteiger partial charge in [-0.3, -0.25) is 10.2 Å². The Hall–Kier alpha value is -5.36. The maximum Gasteiger partial charge on any atom is 0.266 e. The van der Waals surface area contributed by atoms with E-state index in [-0.39, 0.29) is 25.5 Å². The van der Waals surface area contributed by atoms with Crippen LogP contribution in [0.5, 0.6) is 5.75 Å². The summed E-state index contributed by atoms with van der Waals surface area (Å²) < 4.78 is 13.3. The number of aliphatic imine (C=N–C) groups is 1.